The fourth-order valence-corrected chi connectivity index (χ4v) is 1.79. The number of halogens is 2. The lowest BCUT2D eigenvalue weighted by Crippen LogP contribution is -2.13. The summed E-state index contributed by atoms with van der Waals surface area (Å²) in [7, 11) is 0. The third-order valence-electron chi connectivity index (χ3n) is 2.66. The van der Waals surface area contributed by atoms with E-state index in [4.69, 9.17) is 16.7 Å². The molecule has 2 N–H and O–H groups in total. The molecule has 21 heavy (non-hydrogen) atoms. The Kier molecular flexibility index (Phi) is 4.94. The number of hydrogen-bond donors (Lipinski definition) is 2. The zero-order valence-electron chi connectivity index (χ0n) is 10.9. The van der Waals surface area contributed by atoms with Crippen molar-refractivity contribution in [1.29, 1.82) is 0 Å². The van der Waals surface area contributed by atoms with Gasteiger partial charge in [0.25, 0.3) is 5.91 Å². The third-order valence-corrected chi connectivity index (χ3v) is 2.97. The van der Waals surface area contributed by atoms with Crippen LogP contribution in [0.25, 0.3) is 0 Å². The van der Waals surface area contributed by atoms with E-state index in [9.17, 15) is 9.18 Å². The average molecular weight is 304 g/mol. The number of rotatable bonds is 2. The molecule has 0 aromatic heterocycles. The number of aliphatic hydroxyl groups excluding tert-OH is 1. The topological polar surface area (TPSA) is 49.3 Å². The van der Waals surface area contributed by atoms with Crippen molar-refractivity contribution < 1.29 is 14.3 Å². The van der Waals surface area contributed by atoms with E-state index in [2.05, 4.69) is 17.2 Å². The average Bonchev–Trinajstić information content (AvgIpc) is 2.49. The van der Waals surface area contributed by atoms with E-state index >= 15 is 0 Å². The van der Waals surface area contributed by atoms with Crippen LogP contribution in [0.1, 0.15) is 15.9 Å². The first-order chi connectivity index (χ1) is 10.1. The van der Waals surface area contributed by atoms with Gasteiger partial charge >= 0.3 is 0 Å². The lowest BCUT2D eigenvalue weighted by molar-refractivity contribution is 0.102. The summed E-state index contributed by atoms with van der Waals surface area (Å²) in [6.07, 6.45) is 0. The van der Waals surface area contributed by atoms with Crippen molar-refractivity contribution in [1.82, 2.24) is 0 Å². The molecule has 106 valence electrons. The van der Waals surface area contributed by atoms with Crippen molar-refractivity contribution in [3.63, 3.8) is 0 Å². The maximum Gasteiger partial charge on any atom is 0.255 e. The molecule has 0 spiro atoms. The van der Waals surface area contributed by atoms with Crippen molar-refractivity contribution >= 4 is 23.2 Å². The van der Waals surface area contributed by atoms with Crippen molar-refractivity contribution in [2.24, 2.45) is 0 Å². The van der Waals surface area contributed by atoms with Crippen LogP contribution in [0, 0.1) is 17.7 Å². The van der Waals surface area contributed by atoms with E-state index in [1.807, 2.05) is 0 Å². The number of nitrogens with one attached hydrogen (secondary N) is 1. The van der Waals surface area contributed by atoms with E-state index in [0.29, 0.717) is 11.3 Å². The van der Waals surface area contributed by atoms with Crippen LogP contribution < -0.4 is 5.32 Å². The van der Waals surface area contributed by atoms with E-state index in [1.54, 1.807) is 24.3 Å². The highest BCUT2D eigenvalue weighted by atomic mass is 35.5. The molecule has 2 aromatic carbocycles. The highest BCUT2D eigenvalue weighted by molar-refractivity contribution is 6.30. The number of carbonyl (C=O) groups is 1. The summed E-state index contributed by atoms with van der Waals surface area (Å²) >= 11 is 5.58. The first-order valence-corrected chi connectivity index (χ1v) is 6.45. The smallest absolute Gasteiger partial charge is 0.255 e. The van der Waals surface area contributed by atoms with Crippen molar-refractivity contribution in [3.8, 4) is 11.8 Å². The van der Waals surface area contributed by atoms with Gasteiger partial charge in [0.15, 0.2) is 0 Å². The first kappa shape index (κ1) is 15.0. The van der Waals surface area contributed by atoms with Gasteiger partial charge < -0.3 is 10.4 Å². The molecule has 3 nitrogen and oxygen atoms in total. The second-order valence-electron chi connectivity index (χ2n) is 4.09. The van der Waals surface area contributed by atoms with Gasteiger partial charge in [0.1, 0.15) is 12.4 Å². The quantitative estimate of drug-likeness (QED) is 0.838. The molecule has 2 aromatic rings. The first-order valence-electron chi connectivity index (χ1n) is 6.07. The minimum Gasteiger partial charge on any atom is -0.384 e. The molecule has 2 rings (SSSR count). The summed E-state index contributed by atoms with van der Waals surface area (Å²) in [5.74, 6) is 4.12. The molecule has 0 atom stereocenters. The Bertz CT molecular complexity index is 735. The Balaban J connectivity index is 2.25. The molecule has 0 unspecified atom stereocenters. The Morgan fingerprint density at radius 1 is 1.29 bits per heavy atom. The van der Waals surface area contributed by atoms with Gasteiger partial charge in [-0.2, -0.15) is 0 Å². The van der Waals surface area contributed by atoms with Crippen LogP contribution in [-0.2, 0) is 0 Å². The number of hydrogen-bond acceptors (Lipinski definition) is 2. The molecule has 0 aliphatic heterocycles. The van der Waals surface area contributed by atoms with Gasteiger partial charge in [-0.3, -0.25) is 4.79 Å². The number of aliphatic hydroxyl groups is 1. The Morgan fingerprint density at radius 2 is 2.05 bits per heavy atom. The van der Waals surface area contributed by atoms with Crippen molar-refractivity contribution in [2.45, 2.75) is 0 Å². The normalized spacial score (nSPS) is 9.67. The maximum atomic E-state index is 13.4. The molecule has 0 saturated carbocycles. The second-order valence-corrected chi connectivity index (χ2v) is 4.50. The van der Waals surface area contributed by atoms with Crippen LogP contribution in [0.5, 0.6) is 0 Å². The van der Waals surface area contributed by atoms with Gasteiger partial charge in [0, 0.05) is 11.1 Å². The van der Waals surface area contributed by atoms with Crippen LogP contribution in [0.3, 0.4) is 0 Å². The van der Waals surface area contributed by atoms with Gasteiger partial charge in [0.2, 0.25) is 0 Å². The SMILES string of the molecule is O=C(Nc1ccccc1C#CCO)c1ccc(Cl)c(F)c1. The summed E-state index contributed by atoms with van der Waals surface area (Å²) in [6.45, 7) is -0.273. The molecule has 5 heteroatoms. The van der Waals surface area contributed by atoms with Gasteiger partial charge in [-0.05, 0) is 30.3 Å². The van der Waals surface area contributed by atoms with E-state index in [-0.39, 0.29) is 17.2 Å². The Labute approximate surface area is 126 Å². The second kappa shape index (κ2) is 6.89. The summed E-state index contributed by atoms with van der Waals surface area (Å²) < 4.78 is 13.4. The molecule has 0 aliphatic rings. The van der Waals surface area contributed by atoms with Crippen LogP contribution >= 0.6 is 11.6 Å². The maximum absolute atomic E-state index is 13.4. The van der Waals surface area contributed by atoms with Crippen molar-refractivity contribution in [2.75, 3.05) is 11.9 Å². The lowest BCUT2D eigenvalue weighted by atomic mass is 10.1. The summed E-state index contributed by atoms with van der Waals surface area (Å²) in [6, 6.07) is 10.7. The highest BCUT2D eigenvalue weighted by Crippen LogP contribution is 2.18. The molecule has 0 heterocycles. The van der Waals surface area contributed by atoms with Crippen LogP contribution in [0.15, 0.2) is 42.5 Å². The zero-order chi connectivity index (χ0) is 15.2. The minimum atomic E-state index is -0.655. The number of anilines is 1. The molecule has 0 saturated heterocycles. The highest BCUT2D eigenvalue weighted by Gasteiger charge is 2.10. The molecule has 0 bridgehead atoms. The van der Waals surface area contributed by atoms with Gasteiger partial charge in [-0.25, -0.2) is 4.39 Å². The van der Waals surface area contributed by atoms with Gasteiger partial charge in [-0.1, -0.05) is 35.6 Å². The fraction of sp³-hybridized carbons (Fsp3) is 0.0625. The number of amides is 1. The zero-order valence-corrected chi connectivity index (χ0v) is 11.6. The fourth-order valence-electron chi connectivity index (χ4n) is 1.67. The predicted molar refractivity (Wildman–Crippen MR) is 79.8 cm³/mol. The minimum absolute atomic E-state index is 0.0410. The van der Waals surface area contributed by atoms with Crippen LogP contribution in [0.2, 0.25) is 5.02 Å². The molecule has 0 radical (unpaired) electrons. The summed E-state index contributed by atoms with van der Waals surface area (Å²) in [4.78, 5) is 12.1. The van der Waals surface area contributed by atoms with Crippen LogP contribution in [-0.4, -0.2) is 17.6 Å². The van der Waals surface area contributed by atoms with Crippen molar-refractivity contribution in [3.05, 3.63) is 64.4 Å². The number of para-hydroxylation sites is 1. The lowest BCUT2D eigenvalue weighted by Gasteiger charge is -2.08. The molecular weight excluding hydrogens is 293 g/mol. The standard InChI is InChI=1S/C16H11ClFNO2/c17-13-8-7-12(10-14(13)18)16(21)19-15-6-2-1-4-11(15)5-3-9-20/h1-2,4,6-8,10,20H,9H2,(H,19,21). The summed E-state index contributed by atoms with van der Waals surface area (Å²) in [5.41, 5.74) is 1.20. The monoisotopic (exact) mass is 303 g/mol. The van der Waals surface area contributed by atoms with E-state index in [0.717, 1.165) is 6.07 Å². The number of benzene rings is 2. The Hall–Kier alpha value is -2.35. The van der Waals surface area contributed by atoms with Gasteiger partial charge in [-0.15, -0.1) is 0 Å². The van der Waals surface area contributed by atoms with E-state index < -0.39 is 11.7 Å². The summed E-state index contributed by atoms with van der Waals surface area (Å²) in [5, 5.41) is 11.3. The molecule has 0 fully saturated rings. The third kappa shape index (κ3) is 3.82. The molecule has 1 amide bonds. The number of carbonyl (C=O) groups excluding carboxylic acids is 1. The Morgan fingerprint density at radius 3 is 2.76 bits per heavy atom. The van der Waals surface area contributed by atoms with Gasteiger partial charge in [0.05, 0.1) is 10.7 Å². The van der Waals surface area contributed by atoms with E-state index in [1.165, 1.54) is 12.1 Å². The molecule has 0 aliphatic carbocycles. The largest absolute Gasteiger partial charge is 0.384 e. The van der Waals surface area contributed by atoms with Crippen LogP contribution in [0.4, 0.5) is 10.1 Å². The molecular formula is C16H11ClFNO2. The predicted octanol–water partition coefficient (Wildman–Crippen LogP) is 3.08.